The predicted octanol–water partition coefficient (Wildman–Crippen LogP) is 3.31. The summed E-state index contributed by atoms with van der Waals surface area (Å²) in [6.45, 7) is 0. The number of nitrogens with one attached hydrogen (secondary N) is 1. The van der Waals surface area contributed by atoms with Crippen molar-refractivity contribution < 1.29 is 9.68 Å². The molecule has 1 aliphatic carbocycles. The Morgan fingerprint density at radius 2 is 2.14 bits per heavy atom. The van der Waals surface area contributed by atoms with Gasteiger partial charge in [0, 0.05) is 22.0 Å². The first-order valence-electron chi connectivity index (χ1n) is 7.39. The summed E-state index contributed by atoms with van der Waals surface area (Å²) in [7, 11) is -0.868. The average molecular weight is 347 g/mol. The monoisotopic (exact) mass is 346 g/mol. The fraction of sp³-hybridized carbons (Fsp3) is 0.400. The molecule has 0 aromatic carbocycles. The van der Waals surface area contributed by atoms with E-state index >= 15 is 0 Å². The van der Waals surface area contributed by atoms with Gasteiger partial charge < -0.3 is 14.7 Å². The summed E-state index contributed by atoms with van der Waals surface area (Å²) in [5.41, 5.74) is 3.19. The first-order valence-corrected chi connectivity index (χ1v) is 8.31. The largest absolute Gasteiger partial charge is 0.552 e. The van der Waals surface area contributed by atoms with Crippen LogP contribution in [-0.4, -0.2) is 26.9 Å². The van der Waals surface area contributed by atoms with Crippen molar-refractivity contribution in [3.63, 3.8) is 0 Å². The molecule has 0 radical (unpaired) electrons. The van der Waals surface area contributed by atoms with Gasteiger partial charge in [-0.15, -0.1) is 0 Å². The maximum absolute atomic E-state index is 9.99. The number of hydrogen-bond donors (Lipinski definition) is 2. The van der Waals surface area contributed by atoms with Crippen molar-refractivity contribution in [1.82, 2.24) is 9.97 Å². The molecule has 6 heteroatoms. The third-order valence-electron chi connectivity index (χ3n) is 4.51. The molecule has 1 fully saturated rings. The van der Waals surface area contributed by atoms with Gasteiger partial charge in [0.15, 0.2) is 0 Å². The summed E-state index contributed by atoms with van der Waals surface area (Å²) in [4.78, 5) is 8.13. The highest BCUT2D eigenvalue weighted by Gasteiger charge is 2.32. The number of fused-ring (bicyclic) bond motifs is 3. The molecule has 2 aliphatic rings. The number of rotatable bonds is 1. The Morgan fingerprint density at radius 1 is 1.33 bits per heavy atom. The van der Waals surface area contributed by atoms with Gasteiger partial charge in [-0.1, -0.05) is 15.9 Å². The molecule has 4 nitrogen and oxygen atoms in total. The Hall–Kier alpha value is -1.27. The standard InChI is InChI=1S/C15H16BBrN2O2/c17-10-3-1-9(2-4-10)12-7-16(20)21-13-8-19-15-11(14(12)13)5-6-18-15/h5-10,20H,1-4H2,(H,18,19). The molecule has 0 unspecified atom stereocenters. The van der Waals surface area contributed by atoms with E-state index in [1.165, 1.54) is 18.4 Å². The molecule has 1 aliphatic heterocycles. The summed E-state index contributed by atoms with van der Waals surface area (Å²) in [5, 5.41) is 11.1. The lowest BCUT2D eigenvalue weighted by Gasteiger charge is -2.31. The molecular formula is C15H16BBrN2O2. The lowest BCUT2D eigenvalue weighted by atomic mass is 9.73. The summed E-state index contributed by atoms with van der Waals surface area (Å²) < 4.78 is 5.54. The Labute approximate surface area is 131 Å². The Kier molecular flexibility index (Phi) is 3.30. The molecule has 108 valence electrons. The van der Waals surface area contributed by atoms with E-state index < -0.39 is 7.12 Å². The van der Waals surface area contributed by atoms with E-state index in [1.807, 2.05) is 18.2 Å². The first kappa shape index (κ1) is 13.4. The topological polar surface area (TPSA) is 58.1 Å². The number of aromatic nitrogens is 2. The lowest BCUT2D eigenvalue weighted by molar-refractivity contribution is 0.416. The predicted molar refractivity (Wildman–Crippen MR) is 87.3 cm³/mol. The van der Waals surface area contributed by atoms with Gasteiger partial charge in [-0.05, 0) is 49.2 Å². The van der Waals surface area contributed by atoms with Crippen molar-refractivity contribution in [2.45, 2.75) is 30.5 Å². The molecule has 0 saturated heterocycles. The molecule has 21 heavy (non-hydrogen) atoms. The second-order valence-electron chi connectivity index (χ2n) is 5.82. The Morgan fingerprint density at radius 3 is 2.95 bits per heavy atom. The van der Waals surface area contributed by atoms with Crippen molar-refractivity contribution in [2.24, 2.45) is 5.92 Å². The summed E-state index contributed by atoms with van der Waals surface area (Å²) in [5.74, 6) is 3.04. The number of allylic oxidation sites excluding steroid dienone is 1. The summed E-state index contributed by atoms with van der Waals surface area (Å²) >= 11 is 3.71. The van der Waals surface area contributed by atoms with Crippen molar-refractivity contribution >= 4 is 39.7 Å². The molecule has 2 N–H and O–H groups in total. The van der Waals surface area contributed by atoms with Crippen molar-refractivity contribution in [3.05, 3.63) is 30.0 Å². The minimum atomic E-state index is -0.868. The minimum absolute atomic E-state index is 0.483. The van der Waals surface area contributed by atoms with E-state index in [2.05, 4.69) is 25.9 Å². The maximum Gasteiger partial charge on any atom is 0.552 e. The van der Waals surface area contributed by atoms with Crippen LogP contribution in [0.4, 0.5) is 0 Å². The van der Waals surface area contributed by atoms with Crippen LogP contribution in [0, 0.1) is 5.92 Å². The molecule has 0 atom stereocenters. The molecule has 2 aromatic rings. The zero-order valence-electron chi connectivity index (χ0n) is 11.6. The van der Waals surface area contributed by atoms with Gasteiger partial charge >= 0.3 is 7.12 Å². The fourth-order valence-corrected chi connectivity index (χ4v) is 4.01. The third kappa shape index (κ3) is 2.30. The van der Waals surface area contributed by atoms with E-state index in [1.54, 1.807) is 6.20 Å². The number of nitrogens with zero attached hydrogens (tertiary/aromatic N) is 1. The quantitative estimate of drug-likeness (QED) is 0.615. The molecule has 0 bridgehead atoms. The van der Waals surface area contributed by atoms with Crippen LogP contribution in [0.3, 0.4) is 0 Å². The minimum Gasteiger partial charge on any atom is -0.531 e. The van der Waals surface area contributed by atoms with E-state index in [0.29, 0.717) is 16.5 Å². The summed E-state index contributed by atoms with van der Waals surface area (Å²) in [6, 6.07) is 2.03. The van der Waals surface area contributed by atoms with E-state index in [-0.39, 0.29) is 0 Å². The van der Waals surface area contributed by atoms with Crippen LogP contribution in [-0.2, 0) is 0 Å². The van der Waals surface area contributed by atoms with Gasteiger partial charge in [-0.25, -0.2) is 4.98 Å². The van der Waals surface area contributed by atoms with Gasteiger partial charge in [-0.3, -0.25) is 0 Å². The highest BCUT2D eigenvalue weighted by Crippen LogP contribution is 2.44. The van der Waals surface area contributed by atoms with Crippen LogP contribution in [0.2, 0.25) is 0 Å². The van der Waals surface area contributed by atoms with Crippen molar-refractivity contribution in [1.29, 1.82) is 0 Å². The number of H-pyrrole nitrogens is 1. The van der Waals surface area contributed by atoms with Crippen molar-refractivity contribution in [3.8, 4) is 5.75 Å². The van der Waals surface area contributed by atoms with Gasteiger partial charge in [-0.2, -0.15) is 0 Å². The fourth-order valence-electron chi connectivity index (χ4n) is 3.48. The molecule has 1 saturated carbocycles. The van der Waals surface area contributed by atoms with Gasteiger partial charge in [0.25, 0.3) is 0 Å². The molecular weight excluding hydrogens is 331 g/mol. The van der Waals surface area contributed by atoms with Crippen LogP contribution in [0.1, 0.15) is 31.2 Å². The summed E-state index contributed by atoms with van der Waals surface area (Å²) in [6.07, 6.45) is 8.24. The number of hydrogen-bond acceptors (Lipinski definition) is 3. The first-order chi connectivity index (χ1) is 10.2. The zero-order chi connectivity index (χ0) is 14.4. The van der Waals surface area contributed by atoms with E-state index in [4.69, 9.17) is 4.65 Å². The average Bonchev–Trinajstić information content (AvgIpc) is 2.95. The normalized spacial score (nSPS) is 25.4. The third-order valence-corrected chi connectivity index (χ3v) is 5.42. The lowest BCUT2D eigenvalue weighted by Crippen LogP contribution is -2.27. The Bertz CT molecular complexity index is 707. The molecule has 3 heterocycles. The highest BCUT2D eigenvalue weighted by atomic mass is 79.9. The second kappa shape index (κ2) is 5.18. The zero-order valence-corrected chi connectivity index (χ0v) is 13.1. The van der Waals surface area contributed by atoms with Gasteiger partial charge in [0.2, 0.25) is 0 Å². The van der Waals surface area contributed by atoms with Crippen molar-refractivity contribution in [2.75, 3.05) is 0 Å². The van der Waals surface area contributed by atoms with Gasteiger partial charge in [0.1, 0.15) is 11.4 Å². The Balaban J connectivity index is 1.82. The number of halogens is 1. The van der Waals surface area contributed by atoms with Crippen LogP contribution < -0.4 is 4.65 Å². The molecule has 0 spiro atoms. The molecule has 0 amide bonds. The molecule has 4 rings (SSSR count). The van der Waals surface area contributed by atoms with E-state index in [9.17, 15) is 5.02 Å². The van der Waals surface area contributed by atoms with Gasteiger partial charge in [0.05, 0.1) is 6.20 Å². The van der Waals surface area contributed by atoms with Crippen LogP contribution in [0.5, 0.6) is 5.75 Å². The highest BCUT2D eigenvalue weighted by molar-refractivity contribution is 9.09. The smallest absolute Gasteiger partial charge is 0.531 e. The maximum atomic E-state index is 9.99. The SMILES string of the molecule is OB1C=C(C2CCC(Br)CC2)c2c(cnc3[nH]ccc23)O1. The van der Waals surface area contributed by atoms with Crippen LogP contribution in [0.25, 0.3) is 16.6 Å². The van der Waals surface area contributed by atoms with Crippen LogP contribution >= 0.6 is 15.9 Å². The molecule has 2 aromatic heterocycles. The number of pyridine rings is 1. The number of alkyl halides is 1. The second-order valence-corrected chi connectivity index (χ2v) is 7.11. The van der Waals surface area contributed by atoms with Crippen LogP contribution in [0.15, 0.2) is 24.4 Å². The number of aromatic amines is 1. The van der Waals surface area contributed by atoms with E-state index in [0.717, 1.165) is 29.4 Å².